The van der Waals surface area contributed by atoms with Crippen LogP contribution in [0.5, 0.6) is 17.2 Å². The van der Waals surface area contributed by atoms with Gasteiger partial charge < -0.3 is 14.2 Å². The minimum atomic E-state index is -0.899. The number of allylic oxidation sites excluding steroid dienone is 1. The molecule has 0 N–H and O–H groups in total. The molecule has 0 fully saturated rings. The van der Waals surface area contributed by atoms with Crippen LogP contribution in [0.3, 0.4) is 0 Å². The van der Waals surface area contributed by atoms with E-state index in [4.69, 9.17) is 14.2 Å². The first-order valence-electron chi connectivity index (χ1n) is 7.23. The van der Waals surface area contributed by atoms with Gasteiger partial charge in [-0.15, -0.1) is 0 Å². The van der Waals surface area contributed by atoms with Crippen LogP contribution >= 0.6 is 0 Å². The predicted molar refractivity (Wildman–Crippen MR) is 83.7 cm³/mol. The summed E-state index contributed by atoms with van der Waals surface area (Å²) in [6.45, 7) is 0.851. The summed E-state index contributed by atoms with van der Waals surface area (Å²) in [5.41, 5.74) is 0.434. The molecule has 1 heterocycles. The average molecular weight is 332 g/mol. The summed E-state index contributed by atoms with van der Waals surface area (Å²) in [6.07, 6.45) is 2.72. The number of ether oxygens (including phenoxy) is 3. The van der Waals surface area contributed by atoms with Crippen LogP contribution in [0.1, 0.15) is 15.9 Å². The van der Waals surface area contributed by atoms with E-state index in [-0.39, 0.29) is 5.56 Å². The van der Waals surface area contributed by atoms with Gasteiger partial charge in [-0.25, -0.2) is 8.78 Å². The van der Waals surface area contributed by atoms with Gasteiger partial charge in [0.1, 0.15) is 24.8 Å². The highest BCUT2D eigenvalue weighted by molar-refractivity contribution is 6.07. The molecule has 1 aliphatic heterocycles. The van der Waals surface area contributed by atoms with E-state index in [1.54, 1.807) is 12.1 Å². The van der Waals surface area contributed by atoms with E-state index in [0.717, 1.165) is 12.1 Å². The topological polar surface area (TPSA) is 44.8 Å². The fraction of sp³-hybridized carbons (Fsp3) is 0.167. The lowest BCUT2D eigenvalue weighted by atomic mass is 10.1. The van der Waals surface area contributed by atoms with Gasteiger partial charge in [-0.05, 0) is 35.9 Å². The SMILES string of the molecule is COc1cc(/C=C/C(=O)c2ccc(F)cc2F)cc2c1OCCO2. The van der Waals surface area contributed by atoms with Crippen LogP contribution in [0.2, 0.25) is 0 Å². The van der Waals surface area contributed by atoms with E-state index in [0.29, 0.717) is 42.1 Å². The molecule has 0 atom stereocenters. The number of fused-ring (bicyclic) bond motifs is 1. The largest absolute Gasteiger partial charge is 0.493 e. The fourth-order valence-corrected chi connectivity index (χ4v) is 2.34. The van der Waals surface area contributed by atoms with E-state index in [1.807, 2.05) is 0 Å². The van der Waals surface area contributed by atoms with Crippen LogP contribution < -0.4 is 14.2 Å². The molecule has 2 aromatic carbocycles. The van der Waals surface area contributed by atoms with Crippen LogP contribution in [0.25, 0.3) is 6.08 Å². The Hall–Kier alpha value is -2.89. The maximum Gasteiger partial charge on any atom is 0.203 e. The van der Waals surface area contributed by atoms with Crippen molar-refractivity contribution in [1.82, 2.24) is 0 Å². The Kier molecular flexibility index (Phi) is 4.46. The van der Waals surface area contributed by atoms with E-state index in [2.05, 4.69) is 0 Å². The van der Waals surface area contributed by atoms with Crippen molar-refractivity contribution in [3.8, 4) is 17.2 Å². The Balaban J connectivity index is 1.87. The maximum absolute atomic E-state index is 13.6. The summed E-state index contributed by atoms with van der Waals surface area (Å²) in [5.74, 6) is -0.694. The number of carbonyl (C=O) groups excluding carboxylic acids is 1. The van der Waals surface area contributed by atoms with E-state index < -0.39 is 17.4 Å². The summed E-state index contributed by atoms with van der Waals surface area (Å²) in [5, 5.41) is 0. The molecule has 124 valence electrons. The van der Waals surface area contributed by atoms with Crippen LogP contribution in [0.15, 0.2) is 36.4 Å². The lowest BCUT2D eigenvalue weighted by Crippen LogP contribution is -2.16. The third-order valence-corrected chi connectivity index (χ3v) is 3.47. The van der Waals surface area contributed by atoms with Gasteiger partial charge in [0.2, 0.25) is 5.75 Å². The predicted octanol–water partition coefficient (Wildman–Crippen LogP) is 3.64. The quantitative estimate of drug-likeness (QED) is 0.633. The lowest BCUT2D eigenvalue weighted by Gasteiger charge is -2.20. The first-order valence-corrected chi connectivity index (χ1v) is 7.23. The van der Waals surface area contributed by atoms with Gasteiger partial charge in [-0.3, -0.25) is 4.79 Å². The van der Waals surface area contributed by atoms with Crippen LogP contribution in [-0.2, 0) is 0 Å². The molecule has 0 aromatic heterocycles. The average Bonchev–Trinajstić information content (AvgIpc) is 2.58. The Morgan fingerprint density at radius 1 is 1.17 bits per heavy atom. The van der Waals surface area contributed by atoms with E-state index in [9.17, 15) is 13.6 Å². The number of hydrogen-bond acceptors (Lipinski definition) is 4. The highest BCUT2D eigenvalue weighted by Gasteiger charge is 2.18. The molecule has 3 rings (SSSR count). The Morgan fingerprint density at radius 2 is 1.96 bits per heavy atom. The summed E-state index contributed by atoms with van der Waals surface area (Å²) in [4.78, 5) is 12.1. The van der Waals surface area contributed by atoms with Gasteiger partial charge in [-0.2, -0.15) is 0 Å². The number of hydrogen-bond donors (Lipinski definition) is 0. The van der Waals surface area contributed by atoms with Gasteiger partial charge in [0.25, 0.3) is 0 Å². The number of ketones is 1. The molecule has 0 aliphatic carbocycles. The molecule has 1 aliphatic rings. The monoisotopic (exact) mass is 332 g/mol. The van der Waals surface area contributed by atoms with Gasteiger partial charge >= 0.3 is 0 Å². The van der Waals surface area contributed by atoms with Crippen molar-refractivity contribution in [2.24, 2.45) is 0 Å². The summed E-state index contributed by atoms with van der Waals surface area (Å²) in [6, 6.07) is 6.20. The Bertz CT molecular complexity index is 798. The van der Waals surface area contributed by atoms with Gasteiger partial charge in [0.15, 0.2) is 17.3 Å². The van der Waals surface area contributed by atoms with Crippen molar-refractivity contribution in [2.45, 2.75) is 0 Å². The highest BCUT2D eigenvalue weighted by atomic mass is 19.1. The molecule has 0 radical (unpaired) electrons. The molecule has 4 nitrogen and oxygen atoms in total. The first-order chi connectivity index (χ1) is 11.6. The van der Waals surface area contributed by atoms with Crippen molar-refractivity contribution in [3.05, 3.63) is 59.2 Å². The number of rotatable bonds is 4. The molecule has 0 saturated heterocycles. The number of carbonyl (C=O) groups is 1. The number of halogens is 2. The smallest absolute Gasteiger partial charge is 0.203 e. The molecule has 6 heteroatoms. The van der Waals surface area contributed by atoms with Crippen LogP contribution in [-0.4, -0.2) is 26.1 Å². The van der Waals surface area contributed by atoms with Crippen molar-refractivity contribution >= 4 is 11.9 Å². The zero-order valence-corrected chi connectivity index (χ0v) is 12.8. The lowest BCUT2D eigenvalue weighted by molar-refractivity contribution is 0.104. The standard InChI is InChI=1S/C18H14F2O4/c1-22-16-8-11(9-17-18(16)24-7-6-23-17)2-5-15(21)13-4-3-12(19)10-14(13)20/h2-5,8-10H,6-7H2,1H3/b5-2+. The fourth-order valence-electron chi connectivity index (χ4n) is 2.34. The molecule has 0 saturated carbocycles. The molecule has 0 amide bonds. The zero-order valence-electron chi connectivity index (χ0n) is 12.8. The maximum atomic E-state index is 13.6. The first kappa shape index (κ1) is 16.0. The molecule has 2 aromatic rings. The van der Waals surface area contributed by atoms with Crippen molar-refractivity contribution in [3.63, 3.8) is 0 Å². The molecule has 0 bridgehead atoms. The van der Waals surface area contributed by atoms with Crippen molar-refractivity contribution in [1.29, 1.82) is 0 Å². The minimum absolute atomic E-state index is 0.197. The molecule has 24 heavy (non-hydrogen) atoms. The molecular formula is C18H14F2O4. The summed E-state index contributed by atoms with van der Waals surface area (Å²) >= 11 is 0. The van der Waals surface area contributed by atoms with Crippen molar-refractivity contribution < 1.29 is 27.8 Å². The summed E-state index contributed by atoms with van der Waals surface area (Å²) in [7, 11) is 1.50. The Morgan fingerprint density at radius 3 is 2.71 bits per heavy atom. The number of benzene rings is 2. The third-order valence-electron chi connectivity index (χ3n) is 3.47. The van der Waals surface area contributed by atoms with Gasteiger partial charge in [-0.1, -0.05) is 6.08 Å². The van der Waals surface area contributed by atoms with E-state index in [1.165, 1.54) is 19.3 Å². The normalized spacial score (nSPS) is 13.1. The second kappa shape index (κ2) is 6.70. The van der Waals surface area contributed by atoms with Crippen LogP contribution in [0.4, 0.5) is 8.78 Å². The highest BCUT2D eigenvalue weighted by Crippen LogP contribution is 2.40. The number of methoxy groups -OCH3 is 1. The van der Waals surface area contributed by atoms with Crippen LogP contribution in [0, 0.1) is 11.6 Å². The van der Waals surface area contributed by atoms with E-state index >= 15 is 0 Å². The molecular weight excluding hydrogens is 318 g/mol. The second-order valence-electron chi connectivity index (χ2n) is 5.07. The molecule has 0 unspecified atom stereocenters. The minimum Gasteiger partial charge on any atom is -0.493 e. The second-order valence-corrected chi connectivity index (χ2v) is 5.07. The van der Waals surface area contributed by atoms with Gasteiger partial charge in [0.05, 0.1) is 12.7 Å². The Labute approximate surface area is 137 Å². The third kappa shape index (κ3) is 3.22. The van der Waals surface area contributed by atoms with Gasteiger partial charge in [0, 0.05) is 6.07 Å². The van der Waals surface area contributed by atoms with Crippen molar-refractivity contribution in [2.75, 3.05) is 20.3 Å². The molecule has 0 spiro atoms. The zero-order chi connectivity index (χ0) is 17.1. The summed E-state index contributed by atoms with van der Waals surface area (Å²) < 4.78 is 42.8.